The number of phenols is 2. The number of rotatable bonds is 4. The molecule has 1 heterocycles. The lowest BCUT2D eigenvalue weighted by molar-refractivity contribution is -0.228. The lowest BCUT2D eigenvalue weighted by atomic mass is 9.54. The first-order chi connectivity index (χ1) is 22.6. The number of benzene rings is 2. The first kappa shape index (κ1) is 33.6. The summed E-state index contributed by atoms with van der Waals surface area (Å²) >= 11 is 0. The van der Waals surface area contributed by atoms with Crippen LogP contribution in [0.2, 0.25) is 0 Å². The molecule has 4 N–H and O–H groups in total. The number of nitrogens with zero attached hydrogens (tertiary/aromatic N) is 1. The smallest absolute Gasteiger partial charge is 0.341 e. The number of methoxy groups -OCH3 is 3. The van der Waals surface area contributed by atoms with Gasteiger partial charge in [0.2, 0.25) is 5.78 Å². The molecule has 254 valence electrons. The van der Waals surface area contributed by atoms with Crippen molar-refractivity contribution in [2.75, 3.05) is 21.3 Å². The average Bonchev–Trinajstić information content (AvgIpc) is 3.02. The van der Waals surface area contributed by atoms with Gasteiger partial charge < -0.3 is 39.4 Å². The maximum Gasteiger partial charge on any atom is 0.341 e. The van der Waals surface area contributed by atoms with E-state index >= 15 is 0 Å². The van der Waals surface area contributed by atoms with E-state index in [0.717, 1.165) is 13.2 Å². The Bertz CT molecular complexity index is 1850. The molecule has 3 aliphatic carbocycles. The van der Waals surface area contributed by atoms with Gasteiger partial charge in [0, 0.05) is 30.9 Å². The molecule has 6 rings (SSSR count). The van der Waals surface area contributed by atoms with Crippen LogP contribution in [0.4, 0.5) is 0 Å². The summed E-state index contributed by atoms with van der Waals surface area (Å²) in [5.74, 6) is -7.19. The molecule has 0 saturated carbocycles. The van der Waals surface area contributed by atoms with Gasteiger partial charge in [0.1, 0.15) is 35.4 Å². The van der Waals surface area contributed by atoms with Crippen LogP contribution in [-0.2, 0) is 25.4 Å². The maximum absolute atomic E-state index is 14.4. The molecule has 48 heavy (non-hydrogen) atoms. The number of hydrogen-bond acceptors (Lipinski definition) is 14. The number of phenolic OH excluding ortho intramolecular Hbond substituents is 2. The van der Waals surface area contributed by atoms with Crippen molar-refractivity contribution in [3.8, 4) is 11.5 Å². The van der Waals surface area contributed by atoms with E-state index in [1.165, 1.54) is 27.2 Å². The van der Waals surface area contributed by atoms with Crippen molar-refractivity contribution in [1.29, 1.82) is 0 Å². The number of aliphatic imine (C=N–C) groups is 1. The first-order valence-corrected chi connectivity index (χ1v) is 15.3. The second-order valence-corrected chi connectivity index (χ2v) is 12.8. The van der Waals surface area contributed by atoms with Gasteiger partial charge in [0.25, 0.3) is 0 Å². The number of hydrogen-bond donors (Lipinski definition) is 4. The summed E-state index contributed by atoms with van der Waals surface area (Å²) in [7, 11) is 3.82. The molecular weight excluding hydrogens is 630 g/mol. The van der Waals surface area contributed by atoms with Gasteiger partial charge in [-0.1, -0.05) is 6.07 Å². The number of aliphatic hydroxyl groups excluding tert-OH is 2. The monoisotopic (exact) mass is 665 g/mol. The van der Waals surface area contributed by atoms with Crippen molar-refractivity contribution in [2.45, 2.75) is 76.3 Å². The standard InChI is InChI=1S/C34H35NO13/c1-11-7-13-8-18(37)34(3)23(20(13)26(40)19(11)33(44)47-6)25(39)15-9-14-21(27(41)22(15)31(34)43)17(36)10-16(24(14)38)35-32-30(46-5)28(42)29(45-4)12(2)48-32/h7,9,12,18,23,28-30,32,37,40-42H,8,10H2,1-6H3. The largest absolute Gasteiger partial charge is 0.507 e. The Balaban J connectivity index is 1.50. The van der Waals surface area contributed by atoms with Crippen LogP contribution in [0.5, 0.6) is 11.5 Å². The number of Topliss-reactive ketones (excluding diaryl/α,β-unsaturated/α-hetero) is 4. The fourth-order valence-corrected chi connectivity index (χ4v) is 7.75. The quantitative estimate of drug-likeness (QED) is 0.342. The highest BCUT2D eigenvalue weighted by Gasteiger charge is 2.60. The van der Waals surface area contributed by atoms with Crippen LogP contribution in [0, 0.1) is 12.3 Å². The summed E-state index contributed by atoms with van der Waals surface area (Å²) in [5.41, 5.74) is -3.64. The summed E-state index contributed by atoms with van der Waals surface area (Å²) in [5, 5.41) is 44.9. The topological polar surface area (TPSA) is 216 Å². The predicted molar refractivity (Wildman–Crippen MR) is 164 cm³/mol. The lowest BCUT2D eigenvalue weighted by Gasteiger charge is -2.47. The zero-order valence-electron chi connectivity index (χ0n) is 27.0. The Morgan fingerprint density at radius 2 is 1.65 bits per heavy atom. The molecule has 0 radical (unpaired) electrons. The van der Waals surface area contributed by atoms with E-state index in [2.05, 4.69) is 4.99 Å². The molecule has 14 nitrogen and oxygen atoms in total. The fourth-order valence-electron chi connectivity index (χ4n) is 7.75. The minimum atomic E-state index is -1.93. The van der Waals surface area contributed by atoms with Crippen molar-refractivity contribution in [3.05, 3.63) is 56.6 Å². The average molecular weight is 666 g/mol. The summed E-state index contributed by atoms with van der Waals surface area (Å²) in [6, 6.07) is 2.57. The van der Waals surface area contributed by atoms with Gasteiger partial charge in [0.05, 0.1) is 53.9 Å². The number of esters is 1. The molecule has 8 atom stereocenters. The molecule has 0 amide bonds. The molecular formula is C34H35NO13. The van der Waals surface area contributed by atoms with Crippen molar-refractivity contribution < 1.29 is 63.3 Å². The number of ether oxygens (including phenoxy) is 4. The van der Waals surface area contributed by atoms with Crippen LogP contribution in [0.1, 0.15) is 94.7 Å². The maximum atomic E-state index is 14.4. The molecule has 1 aliphatic heterocycles. The second kappa shape index (κ2) is 11.7. The summed E-state index contributed by atoms with van der Waals surface area (Å²) in [4.78, 5) is 73.0. The van der Waals surface area contributed by atoms with E-state index in [4.69, 9.17) is 18.9 Å². The van der Waals surface area contributed by atoms with Crippen molar-refractivity contribution >= 4 is 34.8 Å². The van der Waals surface area contributed by atoms with Gasteiger partial charge in [-0.2, -0.15) is 0 Å². The van der Waals surface area contributed by atoms with E-state index in [1.54, 1.807) is 13.8 Å². The molecule has 0 aromatic heterocycles. The highest BCUT2D eigenvalue weighted by Crippen LogP contribution is 2.57. The van der Waals surface area contributed by atoms with Gasteiger partial charge in [0.15, 0.2) is 23.6 Å². The SMILES string of the molecule is COC(=O)c1c(C)cc2c(c1O)C1C(=O)c3cc4c(c(O)c3C(=O)C1(C)C(O)C2)C(=O)CC(=NC1OC(C)C(OC)C(O)C1OC)C4=O. The Morgan fingerprint density at radius 3 is 2.27 bits per heavy atom. The van der Waals surface area contributed by atoms with E-state index < -0.39 is 112 Å². The molecule has 2 aromatic carbocycles. The van der Waals surface area contributed by atoms with Gasteiger partial charge >= 0.3 is 5.97 Å². The zero-order valence-corrected chi connectivity index (χ0v) is 27.0. The molecule has 1 saturated heterocycles. The normalized spacial score (nSPS) is 32.0. The predicted octanol–water partition coefficient (Wildman–Crippen LogP) is 1.62. The highest BCUT2D eigenvalue weighted by molar-refractivity contribution is 6.53. The summed E-state index contributed by atoms with van der Waals surface area (Å²) in [6.45, 7) is 4.50. The van der Waals surface area contributed by atoms with E-state index in [-0.39, 0.29) is 28.8 Å². The molecule has 2 aromatic rings. The third-order valence-electron chi connectivity index (χ3n) is 10.3. The third kappa shape index (κ3) is 4.50. The van der Waals surface area contributed by atoms with Crippen molar-refractivity contribution in [2.24, 2.45) is 10.4 Å². The highest BCUT2D eigenvalue weighted by atomic mass is 16.6. The van der Waals surface area contributed by atoms with Crippen LogP contribution >= 0.6 is 0 Å². The molecule has 14 heteroatoms. The van der Waals surface area contributed by atoms with Gasteiger partial charge in [-0.15, -0.1) is 0 Å². The number of aromatic hydroxyl groups is 2. The number of carbonyl (C=O) groups excluding carboxylic acids is 5. The molecule has 1 fully saturated rings. The minimum Gasteiger partial charge on any atom is -0.507 e. The Labute approximate surface area is 274 Å². The molecule has 8 unspecified atom stereocenters. The Kier molecular flexibility index (Phi) is 8.16. The van der Waals surface area contributed by atoms with E-state index in [9.17, 15) is 44.4 Å². The van der Waals surface area contributed by atoms with Crippen LogP contribution in [0.3, 0.4) is 0 Å². The number of aliphatic hydroxyl groups is 2. The number of carbonyl (C=O) groups is 5. The van der Waals surface area contributed by atoms with Crippen molar-refractivity contribution in [3.63, 3.8) is 0 Å². The molecule has 0 bridgehead atoms. The summed E-state index contributed by atoms with van der Waals surface area (Å²) in [6.07, 6.45) is -7.13. The van der Waals surface area contributed by atoms with Gasteiger partial charge in [-0.3, -0.25) is 24.2 Å². The van der Waals surface area contributed by atoms with Crippen LogP contribution in [0.15, 0.2) is 17.1 Å². The Hall–Kier alpha value is -4.34. The van der Waals surface area contributed by atoms with Crippen LogP contribution < -0.4 is 0 Å². The zero-order chi connectivity index (χ0) is 35.1. The Morgan fingerprint density at radius 1 is 0.979 bits per heavy atom. The van der Waals surface area contributed by atoms with E-state index in [1.807, 2.05) is 0 Å². The van der Waals surface area contributed by atoms with Gasteiger partial charge in [-0.25, -0.2) is 4.79 Å². The van der Waals surface area contributed by atoms with E-state index in [0.29, 0.717) is 11.1 Å². The van der Waals surface area contributed by atoms with Crippen molar-refractivity contribution in [1.82, 2.24) is 0 Å². The number of ketones is 4. The molecule has 4 aliphatic rings. The number of aryl methyl sites for hydroxylation is 1. The first-order valence-electron chi connectivity index (χ1n) is 15.3. The van der Waals surface area contributed by atoms with Gasteiger partial charge in [-0.05, 0) is 44.4 Å². The fraction of sp³-hybridized carbons (Fsp3) is 0.471. The minimum absolute atomic E-state index is 0.0539. The van der Waals surface area contributed by atoms with Crippen LogP contribution in [0.25, 0.3) is 0 Å². The summed E-state index contributed by atoms with van der Waals surface area (Å²) < 4.78 is 21.4. The number of fused-ring (bicyclic) bond motifs is 5. The van der Waals surface area contributed by atoms with Crippen LogP contribution in [-0.4, -0.2) is 113 Å². The second-order valence-electron chi connectivity index (χ2n) is 12.8. The lowest BCUT2D eigenvalue weighted by Crippen LogP contribution is -2.57. The molecule has 0 spiro atoms. The third-order valence-corrected chi connectivity index (χ3v) is 10.3.